The summed E-state index contributed by atoms with van der Waals surface area (Å²) in [6, 6.07) is 14.3. The van der Waals surface area contributed by atoms with E-state index in [1.807, 2.05) is 41.4 Å². The molecule has 0 unspecified atom stereocenters. The molecular formula is C28H22BrFN8O2. The summed E-state index contributed by atoms with van der Waals surface area (Å²) in [5.41, 5.74) is 4.93. The van der Waals surface area contributed by atoms with Crippen LogP contribution >= 0.6 is 15.9 Å². The van der Waals surface area contributed by atoms with E-state index in [1.165, 1.54) is 6.07 Å². The molecule has 2 aromatic carbocycles. The number of nitrogens with one attached hydrogen (secondary N) is 1. The van der Waals surface area contributed by atoms with Crippen LogP contribution in [0.2, 0.25) is 0 Å². The van der Waals surface area contributed by atoms with Gasteiger partial charge in [0, 0.05) is 36.0 Å². The SMILES string of the molecule is O=C(c1cc2c(Br)c(F)ccc2[nH]1)N1CCC(c2cc(Cn3cc(-c4cnc5ccccc5n4)nn3)on2)CC1. The number of fused-ring (bicyclic) bond motifs is 2. The third-order valence-corrected chi connectivity index (χ3v) is 8.07. The number of hydrogen-bond donors (Lipinski definition) is 1. The molecule has 1 saturated heterocycles. The highest BCUT2D eigenvalue weighted by Gasteiger charge is 2.27. The lowest BCUT2D eigenvalue weighted by Crippen LogP contribution is -2.38. The number of halogens is 2. The summed E-state index contributed by atoms with van der Waals surface area (Å²) < 4.78 is 21.5. The molecule has 0 aliphatic carbocycles. The third kappa shape index (κ3) is 4.53. The van der Waals surface area contributed by atoms with Crippen LogP contribution < -0.4 is 0 Å². The minimum absolute atomic E-state index is 0.0964. The van der Waals surface area contributed by atoms with Crippen LogP contribution in [-0.4, -0.2) is 59.0 Å². The van der Waals surface area contributed by atoms with Crippen molar-refractivity contribution >= 4 is 43.8 Å². The Morgan fingerprint density at radius 2 is 1.93 bits per heavy atom. The van der Waals surface area contributed by atoms with Gasteiger partial charge in [-0.2, -0.15) is 0 Å². The van der Waals surface area contributed by atoms with Crippen molar-refractivity contribution in [3.63, 3.8) is 0 Å². The summed E-state index contributed by atoms with van der Waals surface area (Å²) in [6.07, 6.45) is 5.04. The van der Waals surface area contributed by atoms with E-state index < -0.39 is 0 Å². The highest BCUT2D eigenvalue weighted by Crippen LogP contribution is 2.31. The smallest absolute Gasteiger partial charge is 0.270 e. The lowest BCUT2D eigenvalue weighted by Gasteiger charge is -2.30. The first-order chi connectivity index (χ1) is 19.5. The second kappa shape index (κ2) is 9.94. The molecule has 12 heteroatoms. The first-order valence-corrected chi connectivity index (χ1v) is 13.6. The Labute approximate surface area is 235 Å². The monoisotopic (exact) mass is 600 g/mol. The maximum Gasteiger partial charge on any atom is 0.270 e. The fourth-order valence-corrected chi connectivity index (χ4v) is 5.60. The van der Waals surface area contributed by atoms with Gasteiger partial charge in [-0.1, -0.05) is 22.5 Å². The first-order valence-electron chi connectivity index (χ1n) is 12.9. The molecule has 0 spiro atoms. The van der Waals surface area contributed by atoms with Gasteiger partial charge >= 0.3 is 0 Å². The number of rotatable bonds is 5. The number of aromatic nitrogens is 7. The van der Waals surface area contributed by atoms with Gasteiger partial charge in [-0.05, 0) is 59.1 Å². The van der Waals surface area contributed by atoms with Gasteiger partial charge < -0.3 is 14.4 Å². The van der Waals surface area contributed by atoms with E-state index in [2.05, 4.69) is 46.4 Å². The lowest BCUT2D eigenvalue weighted by molar-refractivity contribution is 0.0706. The van der Waals surface area contributed by atoms with Crippen molar-refractivity contribution in [1.29, 1.82) is 0 Å². The maximum absolute atomic E-state index is 13.9. The minimum atomic E-state index is -0.359. The van der Waals surface area contributed by atoms with E-state index in [-0.39, 0.29) is 17.6 Å². The Hall–Kier alpha value is -4.45. The van der Waals surface area contributed by atoms with Crippen molar-refractivity contribution in [3.8, 4) is 11.4 Å². The van der Waals surface area contributed by atoms with E-state index in [0.717, 1.165) is 29.6 Å². The Bertz CT molecular complexity index is 1870. The van der Waals surface area contributed by atoms with Crippen molar-refractivity contribution < 1.29 is 13.7 Å². The molecule has 0 saturated carbocycles. The summed E-state index contributed by atoms with van der Waals surface area (Å²) in [5.74, 6) is 0.403. The van der Waals surface area contributed by atoms with Gasteiger partial charge in [0.15, 0.2) is 5.76 Å². The van der Waals surface area contributed by atoms with E-state index in [9.17, 15) is 9.18 Å². The van der Waals surface area contributed by atoms with Gasteiger partial charge in [0.25, 0.3) is 5.91 Å². The van der Waals surface area contributed by atoms with Gasteiger partial charge in [0.05, 0.1) is 33.6 Å². The van der Waals surface area contributed by atoms with Crippen molar-refractivity contribution in [1.82, 2.24) is 40.0 Å². The number of amides is 1. The summed E-state index contributed by atoms with van der Waals surface area (Å²) in [4.78, 5) is 27.1. The van der Waals surface area contributed by atoms with E-state index in [4.69, 9.17) is 4.52 Å². The Kier molecular flexibility index (Phi) is 6.11. The molecule has 10 nitrogen and oxygen atoms in total. The second-order valence-corrected chi connectivity index (χ2v) is 10.6. The molecule has 1 amide bonds. The number of nitrogens with zero attached hydrogens (tertiary/aromatic N) is 7. The van der Waals surface area contributed by atoms with Crippen LogP contribution in [0.4, 0.5) is 4.39 Å². The zero-order valence-electron chi connectivity index (χ0n) is 21.1. The molecule has 0 bridgehead atoms. The molecule has 1 aliphatic heterocycles. The largest absolute Gasteiger partial charge is 0.359 e. The van der Waals surface area contributed by atoms with Crippen molar-refractivity contribution in [2.45, 2.75) is 25.3 Å². The summed E-state index contributed by atoms with van der Waals surface area (Å²) in [7, 11) is 0. The average Bonchev–Trinajstić information content (AvgIpc) is 3.75. The number of hydrogen-bond acceptors (Lipinski definition) is 7. The van der Waals surface area contributed by atoms with Gasteiger partial charge in [-0.3, -0.25) is 9.78 Å². The minimum Gasteiger partial charge on any atom is -0.359 e. The van der Waals surface area contributed by atoms with E-state index in [0.29, 0.717) is 57.9 Å². The Morgan fingerprint density at radius 1 is 1.10 bits per heavy atom. The number of para-hydroxylation sites is 2. The van der Waals surface area contributed by atoms with Crippen LogP contribution in [0.3, 0.4) is 0 Å². The molecule has 200 valence electrons. The molecule has 1 N–H and O–H groups in total. The number of likely N-dealkylation sites (tertiary alicyclic amines) is 1. The second-order valence-electron chi connectivity index (χ2n) is 9.84. The fourth-order valence-electron chi connectivity index (χ4n) is 5.14. The Balaban J connectivity index is 0.987. The predicted molar refractivity (Wildman–Crippen MR) is 148 cm³/mol. The number of carbonyl (C=O) groups is 1. The number of aromatic amines is 1. The first kappa shape index (κ1) is 24.6. The summed E-state index contributed by atoms with van der Waals surface area (Å²) >= 11 is 3.27. The zero-order valence-corrected chi connectivity index (χ0v) is 22.7. The van der Waals surface area contributed by atoms with Gasteiger partial charge in [0.1, 0.15) is 29.4 Å². The molecule has 6 aromatic rings. The van der Waals surface area contributed by atoms with Gasteiger partial charge in [0.2, 0.25) is 0 Å². The summed E-state index contributed by atoms with van der Waals surface area (Å²) in [5, 5.41) is 13.4. The number of carbonyl (C=O) groups excluding carboxylic acids is 1. The molecule has 1 aliphatic rings. The average molecular weight is 601 g/mol. The van der Waals surface area contributed by atoms with Crippen LogP contribution in [0.15, 0.2) is 69.9 Å². The standard InChI is InChI=1S/C28H22BrFN8O2/c29-27-18-12-24(32-20(18)6-5-19(27)30)28(39)37-9-7-16(8-10-37)23-11-17(40-35-23)14-38-15-26(34-36-38)25-13-31-21-3-1-2-4-22(21)33-25/h1-6,11-13,15-16,32H,7-10,14H2. The zero-order chi connectivity index (χ0) is 27.2. The molecule has 5 heterocycles. The number of benzene rings is 2. The quantitative estimate of drug-likeness (QED) is 0.284. The summed E-state index contributed by atoms with van der Waals surface area (Å²) in [6.45, 7) is 1.57. The van der Waals surface area contributed by atoms with Crippen molar-refractivity contribution in [3.05, 3.63) is 88.4 Å². The molecule has 4 aromatic heterocycles. The molecule has 1 fully saturated rings. The molecule has 0 radical (unpaired) electrons. The topological polar surface area (TPSA) is 119 Å². The van der Waals surface area contributed by atoms with Crippen LogP contribution in [0.25, 0.3) is 33.3 Å². The maximum atomic E-state index is 13.9. The van der Waals surface area contributed by atoms with Crippen molar-refractivity contribution in [2.75, 3.05) is 13.1 Å². The number of H-pyrrole nitrogens is 1. The molecule has 7 rings (SSSR count). The normalized spacial score (nSPS) is 14.4. The van der Waals surface area contributed by atoms with Crippen LogP contribution in [0.5, 0.6) is 0 Å². The Morgan fingerprint density at radius 3 is 2.77 bits per heavy atom. The van der Waals surface area contributed by atoms with Crippen LogP contribution in [0.1, 0.15) is 40.7 Å². The lowest BCUT2D eigenvalue weighted by atomic mass is 9.93. The van der Waals surface area contributed by atoms with Gasteiger partial charge in [-0.25, -0.2) is 14.1 Å². The van der Waals surface area contributed by atoms with Crippen LogP contribution in [-0.2, 0) is 6.54 Å². The highest BCUT2D eigenvalue weighted by molar-refractivity contribution is 9.10. The van der Waals surface area contributed by atoms with E-state index >= 15 is 0 Å². The molecular weight excluding hydrogens is 579 g/mol. The third-order valence-electron chi connectivity index (χ3n) is 7.27. The molecule has 40 heavy (non-hydrogen) atoms. The van der Waals surface area contributed by atoms with Gasteiger partial charge in [-0.15, -0.1) is 5.10 Å². The predicted octanol–water partition coefficient (Wildman–Crippen LogP) is 5.33. The highest BCUT2D eigenvalue weighted by atomic mass is 79.9. The van der Waals surface area contributed by atoms with Crippen molar-refractivity contribution in [2.24, 2.45) is 0 Å². The fraction of sp³-hybridized carbons (Fsp3) is 0.214. The molecule has 0 atom stereocenters. The number of piperidine rings is 1. The van der Waals surface area contributed by atoms with Crippen LogP contribution in [0, 0.1) is 5.82 Å². The van der Waals surface area contributed by atoms with E-state index in [1.54, 1.807) is 23.0 Å².